The summed E-state index contributed by atoms with van der Waals surface area (Å²) in [5.41, 5.74) is 1.03. The number of nitrogens with zero attached hydrogens (tertiary/aromatic N) is 3. The standard InChI is InChI=1S/C19H26N4O3S/c1-7-14(22-18(25)26-19(3,4)5)16(24)23(6)17-12(2)21-15(27-17)13-9-8-10-20-11-13/h8-11,14H,7H2,1-6H3,(H,22,25)/t14-/m0/s1. The molecule has 1 atom stereocenters. The highest BCUT2D eigenvalue weighted by atomic mass is 32.1. The molecule has 0 aliphatic heterocycles. The van der Waals surface area contributed by atoms with Gasteiger partial charge in [0.1, 0.15) is 21.7 Å². The van der Waals surface area contributed by atoms with Gasteiger partial charge in [-0.25, -0.2) is 9.78 Å². The first-order valence-electron chi connectivity index (χ1n) is 8.77. The fourth-order valence-electron chi connectivity index (χ4n) is 2.43. The maximum Gasteiger partial charge on any atom is 0.408 e. The molecule has 7 nitrogen and oxygen atoms in total. The largest absolute Gasteiger partial charge is 0.444 e. The van der Waals surface area contributed by atoms with Crippen molar-refractivity contribution >= 4 is 28.3 Å². The number of hydrogen-bond donors (Lipinski definition) is 1. The smallest absolute Gasteiger partial charge is 0.408 e. The van der Waals surface area contributed by atoms with Gasteiger partial charge in [-0.3, -0.25) is 9.78 Å². The predicted octanol–water partition coefficient (Wildman–Crippen LogP) is 3.78. The first-order chi connectivity index (χ1) is 12.6. The molecule has 0 fully saturated rings. The van der Waals surface area contributed by atoms with Crippen LogP contribution in [0, 0.1) is 6.92 Å². The van der Waals surface area contributed by atoms with E-state index in [-0.39, 0.29) is 5.91 Å². The van der Waals surface area contributed by atoms with Gasteiger partial charge in [0, 0.05) is 25.0 Å². The van der Waals surface area contributed by atoms with E-state index in [0.717, 1.165) is 21.3 Å². The number of likely N-dealkylation sites (N-methyl/N-ethyl adjacent to an activating group) is 1. The third kappa shape index (κ3) is 5.50. The first-order valence-corrected chi connectivity index (χ1v) is 9.59. The van der Waals surface area contributed by atoms with Gasteiger partial charge in [-0.05, 0) is 46.2 Å². The number of aromatic nitrogens is 2. The highest BCUT2D eigenvalue weighted by Gasteiger charge is 2.27. The molecule has 0 unspecified atom stereocenters. The van der Waals surface area contributed by atoms with Crippen LogP contribution in [0.4, 0.5) is 9.80 Å². The number of ether oxygens (including phenoxy) is 1. The van der Waals surface area contributed by atoms with Gasteiger partial charge >= 0.3 is 6.09 Å². The number of alkyl carbamates (subject to hydrolysis) is 1. The average Bonchev–Trinajstić information content (AvgIpc) is 2.99. The lowest BCUT2D eigenvalue weighted by atomic mass is 10.2. The van der Waals surface area contributed by atoms with Gasteiger partial charge in [-0.2, -0.15) is 0 Å². The monoisotopic (exact) mass is 390 g/mol. The van der Waals surface area contributed by atoms with Crippen LogP contribution >= 0.6 is 11.3 Å². The quantitative estimate of drug-likeness (QED) is 0.840. The second-order valence-electron chi connectivity index (χ2n) is 7.16. The van der Waals surface area contributed by atoms with Gasteiger partial charge in [0.2, 0.25) is 5.91 Å². The van der Waals surface area contributed by atoms with Crippen molar-refractivity contribution in [2.75, 3.05) is 11.9 Å². The molecule has 0 bridgehead atoms. The maximum atomic E-state index is 12.9. The normalized spacial score (nSPS) is 12.4. The number of carbonyl (C=O) groups is 2. The van der Waals surface area contributed by atoms with Crippen LogP contribution in [0.2, 0.25) is 0 Å². The molecule has 0 aliphatic rings. The molecule has 27 heavy (non-hydrogen) atoms. The first kappa shape index (κ1) is 20.8. The highest BCUT2D eigenvalue weighted by molar-refractivity contribution is 7.19. The summed E-state index contributed by atoms with van der Waals surface area (Å²) >= 11 is 1.42. The van der Waals surface area contributed by atoms with Crippen LogP contribution in [-0.2, 0) is 9.53 Å². The molecular formula is C19H26N4O3S. The Hall–Kier alpha value is -2.48. The summed E-state index contributed by atoms with van der Waals surface area (Å²) in [5.74, 6) is -0.215. The fourth-order valence-corrected chi connectivity index (χ4v) is 3.46. The summed E-state index contributed by atoms with van der Waals surface area (Å²) in [5, 5.41) is 4.19. The summed E-state index contributed by atoms with van der Waals surface area (Å²) in [4.78, 5) is 35.1. The molecule has 0 radical (unpaired) electrons. The lowest BCUT2D eigenvalue weighted by molar-refractivity contribution is -0.120. The molecule has 2 aromatic heterocycles. The van der Waals surface area contributed by atoms with Crippen molar-refractivity contribution in [3.8, 4) is 10.6 Å². The van der Waals surface area contributed by atoms with Gasteiger partial charge in [-0.1, -0.05) is 18.3 Å². The minimum absolute atomic E-state index is 0.215. The van der Waals surface area contributed by atoms with E-state index in [1.54, 1.807) is 45.1 Å². The molecule has 2 amide bonds. The Morgan fingerprint density at radius 1 is 1.37 bits per heavy atom. The molecule has 8 heteroatoms. The molecular weight excluding hydrogens is 364 g/mol. The number of amides is 2. The molecule has 0 saturated heterocycles. The second kappa shape index (κ2) is 8.47. The zero-order valence-electron chi connectivity index (χ0n) is 16.6. The number of anilines is 1. The van der Waals surface area contributed by atoms with E-state index >= 15 is 0 Å². The van der Waals surface area contributed by atoms with Crippen LogP contribution in [0.25, 0.3) is 10.6 Å². The van der Waals surface area contributed by atoms with Gasteiger partial charge in [-0.15, -0.1) is 0 Å². The Bertz CT molecular complexity index is 799. The van der Waals surface area contributed by atoms with Crippen LogP contribution < -0.4 is 10.2 Å². The van der Waals surface area contributed by atoms with Crippen molar-refractivity contribution < 1.29 is 14.3 Å². The lowest BCUT2D eigenvalue weighted by Crippen LogP contribution is -2.48. The zero-order chi connectivity index (χ0) is 20.2. The van der Waals surface area contributed by atoms with Crippen LogP contribution in [0.5, 0.6) is 0 Å². The number of pyridine rings is 1. The fraction of sp³-hybridized carbons (Fsp3) is 0.474. The van der Waals surface area contributed by atoms with Gasteiger partial charge in [0.25, 0.3) is 0 Å². The van der Waals surface area contributed by atoms with Crippen molar-refractivity contribution in [2.45, 2.75) is 52.7 Å². The van der Waals surface area contributed by atoms with Gasteiger partial charge in [0.15, 0.2) is 0 Å². The van der Waals surface area contributed by atoms with Crippen LogP contribution in [0.3, 0.4) is 0 Å². The molecule has 0 aromatic carbocycles. The van der Waals surface area contributed by atoms with Crippen molar-refractivity contribution in [2.24, 2.45) is 0 Å². The van der Waals surface area contributed by atoms with Crippen molar-refractivity contribution in [3.63, 3.8) is 0 Å². The molecule has 2 aromatic rings. The number of rotatable bonds is 5. The SMILES string of the molecule is CC[C@H](NC(=O)OC(C)(C)C)C(=O)N(C)c1sc(-c2cccnc2)nc1C. The average molecular weight is 391 g/mol. The van der Waals surface area contributed by atoms with Crippen LogP contribution in [-0.4, -0.2) is 40.7 Å². The molecule has 1 N–H and O–H groups in total. The van der Waals surface area contributed by atoms with Crippen LogP contribution in [0.15, 0.2) is 24.5 Å². The Morgan fingerprint density at radius 2 is 2.07 bits per heavy atom. The topological polar surface area (TPSA) is 84.4 Å². The van der Waals surface area contributed by atoms with E-state index in [2.05, 4.69) is 15.3 Å². The number of thiazole rings is 1. The van der Waals surface area contributed by atoms with Crippen molar-refractivity contribution in [1.82, 2.24) is 15.3 Å². The zero-order valence-corrected chi connectivity index (χ0v) is 17.4. The summed E-state index contributed by atoms with van der Waals surface area (Å²) in [7, 11) is 1.69. The van der Waals surface area contributed by atoms with Crippen LogP contribution in [0.1, 0.15) is 39.8 Å². The lowest BCUT2D eigenvalue weighted by Gasteiger charge is -2.25. The maximum absolute atomic E-state index is 12.9. The summed E-state index contributed by atoms with van der Waals surface area (Å²) in [6.45, 7) is 9.04. The van der Waals surface area contributed by atoms with Crippen molar-refractivity contribution in [3.05, 3.63) is 30.2 Å². The third-order valence-corrected chi connectivity index (χ3v) is 5.00. The summed E-state index contributed by atoms with van der Waals surface area (Å²) in [6, 6.07) is 3.10. The number of hydrogen-bond acceptors (Lipinski definition) is 6. The Balaban J connectivity index is 2.16. The molecule has 0 aliphatic carbocycles. The second-order valence-corrected chi connectivity index (χ2v) is 8.13. The number of nitrogens with one attached hydrogen (secondary N) is 1. The predicted molar refractivity (Wildman–Crippen MR) is 107 cm³/mol. The molecule has 2 rings (SSSR count). The van der Waals surface area contributed by atoms with E-state index in [9.17, 15) is 9.59 Å². The van der Waals surface area contributed by atoms with E-state index in [4.69, 9.17) is 4.74 Å². The third-order valence-electron chi connectivity index (χ3n) is 3.71. The van der Waals surface area contributed by atoms with Gasteiger partial charge < -0.3 is 15.0 Å². The Kier molecular flexibility index (Phi) is 6.54. The van der Waals surface area contributed by atoms with E-state index in [1.807, 2.05) is 26.0 Å². The number of aryl methyl sites for hydroxylation is 1. The van der Waals surface area contributed by atoms with Gasteiger partial charge in [0.05, 0.1) is 5.69 Å². The Labute approximate surface area is 163 Å². The Morgan fingerprint density at radius 3 is 2.63 bits per heavy atom. The van der Waals surface area contributed by atoms with E-state index in [1.165, 1.54) is 11.3 Å². The minimum Gasteiger partial charge on any atom is -0.444 e. The summed E-state index contributed by atoms with van der Waals surface area (Å²) < 4.78 is 5.25. The van der Waals surface area contributed by atoms with Crippen molar-refractivity contribution in [1.29, 1.82) is 0 Å². The molecule has 2 heterocycles. The number of carbonyl (C=O) groups excluding carboxylic acids is 2. The summed E-state index contributed by atoms with van der Waals surface area (Å²) in [6.07, 6.45) is 3.29. The van der Waals surface area contributed by atoms with E-state index in [0.29, 0.717) is 6.42 Å². The minimum atomic E-state index is -0.673. The van der Waals surface area contributed by atoms with E-state index < -0.39 is 17.7 Å². The highest BCUT2D eigenvalue weighted by Crippen LogP contribution is 2.33. The molecule has 0 saturated carbocycles. The molecule has 146 valence electrons. The molecule has 0 spiro atoms.